The first-order valence-corrected chi connectivity index (χ1v) is 7.43. The number of benzene rings is 2. The Morgan fingerprint density at radius 1 is 1.16 bits per heavy atom. The van der Waals surface area contributed by atoms with Crippen LogP contribution in [-0.4, -0.2) is 28.1 Å². The molecular weight excluding hydrogens is 326 g/mol. The molecule has 0 saturated heterocycles. The SMILES string of the molecule is [2H]C(C)(c1ccccc1)C(C)OC(=O)c1c(C(=O)O)cccc1[N+](=O)[O-]. The minimum Gasteiger partial charge on any atom is -0.478 e. The van der Waals surface area contributed by atoms with E-state index in [-0.39, 0.29) is 0 Å². The smallest absolute Gasteiger partial charge is 0.346 e. The molecule has 0 fully saturated rings. The first-order chi connectivity index (χ1) is 12.2. The number of nitrogens with zero attached hydrogens (tertiary/aromatic N) is 1. The van der Waals surface area contributed by atoms with Crippen LogP contribution in [0, 0.1) is 10.1 Å². The number of nitro benzene ring substituents is 1. The Kier molecular flexibility index (Phi) is 5.03. The Hall–Kier alpha value is -3.22. The van der Waals surface area contributed by atoms with E-state index < -0.39 is 45.7 Å². The van der Waals surface area contributed by atoms with E-state index in [4.69, 9.17) is 6.11 Å². The summed E-state index contributed by atoms with van der Waals surface area (Å²) in [5, 5.41) is 20.4. The number of hydrogen-bond acceptors (Lipinski definition) is 5. The summed E-state index contributed by atoms with van der Waals surface area (Å²) in [6, 6.07) is 12.0. The third-order valence-electron chi connectivity index (χ3n) is 3.80. The lowest BCUT2D eigenvalue weighted by Crippen LogP contribution is -2.23. The molecule has 0 aliphatic heterocycles. The Balaban J connectivity index is 2.38. The lowest BCUT2D eigenvalue weighted by atomic mass is 9.96. The van der Waals surface area contributed by atoms with Crippen LogP contribution < -0.4 is 0 Å². The maximum atomic E-state index is 12.5. The van der Waals surface area contributed by atoms with E-state index in [2.05, 4.69) is 0 Å². The second kappa shape index (κ2) is 7.57. The van der Waals surface area contributed by atoms with Gasteiger partial charge < -0.3 is 9.84 Å². The monoisotopic (exact) mass is 344 g/mol. The van der Waals surface area contributed by atoms with Crippen LogP contribution in [-0.2, 0) is 4.74 Å². The van der Waals surface area contributed by atoms with Gasteiger partial charge in [-0.3, -0.25) is 10.1 Å². The molecule has 0 heterocycles. The summed E-state index contributed by atoms with van der Waals surface area (Å²) in [6.07, 6.45) is -0.987. The maximum Gasteiger partial charge on any atom is 0.346 e. The molecule has 2 aromatic rings. The van der Waals surface area contributed by atoms with Crippen molar-refractivity contribution in [2.75, 3.05) is 0 Å². The van der Waals surface area contributed by atoms with E-state index >= 15 is 0 Å². The molecule has 7 heteroatoms. The first-order valence-electron chi connectivity index (χ1n) is 7.93. The topological polar surface area (TPSA) is 107 Å². The molecule has 2 rings (SSSR count). The third-order valence-corrected chi connectivity index (χ3v) is 3.80. The summed E-state index contributed by atoms with van der Waals surface area (Å²) in [4.78, 5) is 34.2. The second-order valence-electron chi connectivity index (χ2n) is 5.36. The van der Waals surface area contributed by atoms with Crippen molar-refractivity contribution in [3.63, 3.8) is 0 Å². The average molecular weight is 344 g/mol. The molecule has 0 saturated carbocycles. The number of aromatic carboxylic acids is 1. The molecule has 0 amide bonds. The summed E-state index contributed by atoms with van der Waals surface area (Å²) in [7, 11) is 0. The molecule has 2 aromatic carbocycles. The lowest BCUT2D eigenvalue weighted by Gasteiger charge is -2.21. The van der Waals surface area contributed by atoms with Crippen LogP contribution in [0.3, 0.4) is 0 Å². The van der Waals surface area contributed by atoms with Crippen molar-refractivity contribution < 1.29 is 25.7 Å². The fourth-order valence-electron chi connectivity index (χ4n) is 2.33. The maximum absolute atomic E-state index is 12.5. The highest BCUT2D eigenvalue weighted by Crippen LogP contribution is 2.27. The molecule has 0 radical (unpaired) electrons. The zero-order chi connectivity index (χ0) is 19.5. The molecule has 25 heavy (non-hydrogen) atoms. The third kappa shape index (κ3) is 4.00. The molecule has 0 spiro atoms. The number of ether oxygens (including phenoxy) is 1. The molecule has 130 valence electrons. The first kappa shape index (κ1) is 16.6. The van der Waals surface area contributed by atoms with Gasteiger partial charge in [0.2, 0.25) is 0 Å². The number of carbonyl (C=O) groups is 2. The highest BCUT2D eigenvalue weighted by molar-refractivity contribution is 6.05. The summed E-state index contributed by atoms with van der Waals surface area (Å²) in [5.74, 6) is -3.97. The number of nitro groups is 1. The zero-order valence-corrected chi connectivity index (χ0v) is 13.6. The summed E-state index contributed by atoms with van der Waals surface area (Å²) < 4.78 is 13.7. The van der Waals surface area contributed by atoms with Crippen molar-refractivity contribution in [3.8, 4) is 0 Å². The fourth-order valence-corrected chi connectivity index (χ4v) is 2.33. The highest BCUT2D eigenvalue weighted by Gasteiger charge is 2.30. The lowest BCUT2D eigenvalue weighted by molar-refractivity contribution is -0.385. The van der Waals surface area contributed by atoms with Gasteiger partial charge in [-0.25, -0.2) is 9.59 Å². The molecule has 2 unspecified atom stereocenters. The average Bonchev–Trinajstić information content (AvgIpc) is 2.61. The van der Waals surface area contributed by atoms with Gasteiger partial charge in [-0.1, -0.05) is 43.3 Å². The number of carboxylic acid groups (broad SMARTS) is 1. The normalized spacial score (nSPS) is 14.7. The van der Waals surface area contributed by atoms with Gasteiger partial charge in [0.1, 0.15) is 6.10 Å². The molecule has 2 atom stereocenters. The van der Waals surface area contributed by atoms with Crippen LogP contribution >= 0.6 is 0 Å². The predicted octanol–water partition coefficient (Wildman–Crippen LogP) is 3.64. The van der Waals surface area contributed by atoms with Gasteiger partial charge in [0.05, 0.1) is 10.5 Å². The molecule has 0 aliphatic rings. The van der Waals surface area contributed by atoms with E-state index in [9.17, 15) is 24.8 Å². The van der Waals surface area contributed by atoms with Crippen molar-refractivity contribution >= 4 is 17.6 Å². The quantitative estimate of drug-likeness (QED) is 0.487. The van der Waals surface area contributed by atoms with Crippen molar-refractivity contribution in [3.05, 3.63) is 75.3 Å². The molecule has 7 nitrogen and oxygen atoms in total. The standard InChI is InChI=1S/C18H17NO6/c1-11(13-7-4-3-5-8-13)12(2)25-18(22)16-14(17(20)21)9-6-10-15(16)19(23)24/h3-12H,1-2H3,(H,20,21)/i11D. The predicted molar refractivity (Wildman–Crippen MR) is 89.8 cm³/mol. The summed E-state index contributed by atoms with van der Waals surface area (Å²) in [5.41, 5.74) is -1.24. The van der Waals surface area contributed by atoms with Crippen LogP contribution in [0.15, 0.2) is 48.5 Å². The van der Waals surface area contributed by atoms with Gasteiger partial charge in [-0.05, 0) is 18.6 Å². The second-order valence-corrected chi connectivity index (χ2v) is 5.36. The van der Waals surface area contributed by atoms with E-state index in [1.165, 1.54) is 19.9 Å². The Morgan fingerprint density at radius 3 is 2.36 bits per heavy atom. The molecule has 1 N–H and O–H groups in total. The minimum absolute atomic E-state index is 0.525. The number of carboxylic acids is 1. The zero-order valence-electron chi connectivity index (χ0n) is 14.6. The van der Waals surface area contributed by atoms with E-state index in [1.54, 1.807) is 30.3 Å². The van der Waals surface area contributed by atoms with E-state index in [0.717, 1.165) is 12.1 Å². The van der Waals surface area contributed by atoms with Gasteiger partial charge in [0, 0.05) is 13.3 Å². The Labute approximate surface area is 145 Å². The highest BCUT2D eigenvalue weighted by atomic mass is 16.6. The van der Waals surface area contributed by atoms with Crippen LogP contribution in [0.4, 0.5) is 5.69 Å². The van der Waals surface area contributed by atoms with Gasteiger partial charge in [0.25, 0.3) is 5.69 Å². The van der Waals surface area contributed by atoms with Crippen LogP contribution in [0.1, 0.15) is 47.4 Å². The Morgan fingerprint density at radius 2 is 1.80 bits per heavy atom. The number of rotatable bonds is 6. The van der Waals surface area contributed by atoms with Crippen molar-refractivity contribution in [1.29, 1.82) is 0 Å². The van der Waals surface area contributed by atoms with Gasteiger partial charge in [0.15, 0.2) is 5.56 Å². The van der Waals surface area contributed by atoms with Crippen molar-refractivity contribution in [2.24, 2.45) is 0 Å². The van der Waals surface area contributed by atoms with Gasteiger partial charge in [-0.15, -0.1) is 0 Å². The number of hydrogen-bond donors (Lipinski definition) is 1. The van der Waals surface area contributed by atoms with Gasteiger partial charge in [-0.2, -0.15) is 0 Å². The minimum atomic E-state index is -1.48. The van der Waals surface area contributed by atoms with Crippen LogP contribution in [0.25, 0.3) is 0 Å². The van der Waals surface area contributed by atoms with Crippen LogP contribution in [0.5, 0.6) is 0 Å². The molecule has 0 aliphatic carbocycles. The largest absolute Gasteiger partial charge is 0.478 e. The van der Waals surface area contributed by atoms with Crippen LogP contribution in [0.2, 0.25) is 0 Å². The molecular formula is C18H17NO6. The fraction of sp³-hybridized carbons (Fsp3) is 0.222. The van der Waals surface area contributed by atoms with Crippen molar-refractivity contribution in [2.45, 2.75) is 25.8 Å². The summed E-state index contributed by atoms with van der Waals surface area (Å²) >= 11 is 0. The van der Waals surface area contributed by atoms with E-state index in [1.807, 2.05) is 0 Å². The molecule has 0 aromatic heterocycles. The number of esters is 1. The Bertz CT molecular complexity index is 818. The van der Waals surface area contributed by atoms with E-state index in [0.29, 0.717) is 5.56 Å². The summed E-state index contributed by atoms with van der Waals surface area (Å²) in [6.45, 7) is 3.02. The number of carbonyl (C=O) groups excluding carboxylic acids is 1. The molecule has 0 bridgehead atoms. The van der Waals surface area contributed by atoms with Crippen molar-refractivity contribution in [1.82, 2.24) is 0 Å². The van der Waals surface area contributed by atoms with Gasteiger partial charge >= 0.3 is 11.9 Å².